The molecule has 2 amide bonds. The highest BCUT2D eigenvalue weighted by Crippen LogP contribution is 2.01. The average Bonchev–Trinajstić information content (AvgIpc) is 2.25. The molecule has 0 aromatic carbocycles. The smallest absolute Gasteiger partial charge is 0.312 e. The number of nitrogens with two attached hydrogens (primary N) is 1. The van der Waals surface area contributed by atoms with Crippen LogP contribution in [0, 0.1) is 0 Å². The minimum absolute atomic E-state index is 0.00567. The van der Waals surface area contributed by atoms with E-state index in [1.54, 1.807) is 4.90 Å². The van der Waals surface area contributed by atoms with Gasteiger partial charge in [0, 0.05) is 32.2 Å². The maximum Gasteiger partial charge on any atom is 0.312 e. The van der Waals surface area contributed by atoms with Crippen molar-refractivity contribution in [2.45, 2.75) is 19.9 Å². The van der Waals surface area contributed by atoms with Crippen LogP contribution in [0.2, 0.25) is 0 Å². The van der Waals surface area contributed by atoms with Crippen molar-refractivity contribution in [2.24, 2.45) is 5.73 Å². The Morgan fingerprint density at radius 3 is 2.35 bits per heavy atom. The first-order valence-electron chi connectivity index (χ1n) is 5.87. The lowest BCUT2D eigenvalue weighted by Crippen LogP contribution is -2.50. The van der Waals surface area contributed by atoms with Gasteiger partial charge in [-0.1, -0.05) is 0 Å². The van der Waals surface area contributed by atoms with Crippen LogP contribution in [0.1, 0.15) is 13.8 Å². The van der Waals surface area contributed by atoms with Crippen LogP contribution in [0.15, 0.2) is 0 Å². The molecule has 0 aliphatic rings. The Morgan fingerprint density at radius 2 is 1.94 bits per heavy atom. The summed E-state index contributed by atoms with van der Waals surface area (Å²) in [7, 11) is 3.87. The van der Waals surface area contributed by atoms with Gasteiger partial charge in [-0.15, -0.1) is 0 Å². The van der Waals surface area contributed by atoms with Crippen molar-refractivity contribution in [1.29, 1.82) is 0 Å². The largest absolute Gasteiger partial charge is 0.347 e. The maximum atomic E-state index is 11.9. The monoisotopic (exact) mass is 244 g/mol. The van der Waals surface area contributed by atoms with Crippen LogP contribution >= 0.6 is 0 Å². The number of hydrogen-bond donors (Lipinski definition) is 2. The summed E-state index contributed by atoms with van der Waals surface area (Å²) in [6, 6.07) is 0.00567. The second-order valence-corrected chi connectivity index (χ2v) is 4.25. The molecule has 0 saturated carbocycles. The molecule has 0 aromatic rings. The third-order valence-electron chi connectivity index (χ3n) is 2.39. The molecule has 0 heterocycles. The third-order valence-corrected chi connectivity index (χ3v) is 2.39. The maximum absolute atomic E-state index is 11.9. The van der Waals surface area contributed by atoms with E-state index in [1.165, 1.54) is 0 Å². The first-order chi connectivity index (χ1) is 7.93. The molecule has 0 saturated heterocycles. The second kappa shape index (κ2) is 8.03. The molecule has 6 heteroatoms. The van der Waals surface area contributed by atoms with Gasteiger partial charge in [0.2, 0.25) is 0 Å². The number of nitrogens with zero attached hydrogens (tertiary/aromatic N) is 2. The van der Waals surface area contributed by atoms with Crippen LogP contribution in [-0.2, 0) is 9.59 Å². The quantitative estimate of drug-likeness (QED) is 0.579. The first kappa shape index (κ1) is 15.9. The Balaban J connectivity index is 4.43. The van der Waals surface area contributed by atoms with Gasteiger partial charge in [-0.25, -0.2) is 0 Å². The molecule has 17 heavy (non-hydrogen) atoms. The van der Waals surface area contributed by atoms with Crippen LogP contribution in [0.4, 0.5) is 0 Å². The number of likely N-dealkylation sites (N-methyl/N-ethyl adjacent to an activating group) is 2. The standard InChI is InChI=1S/C11H24N4O2/c1-5-15(9(2)8-14(3)4)11(17)10(16)13-7-6-12/h9H,5-8,12H2,1-4H3,(H,13,16). The van der Waals surface area contributed by atoms with E-state index in [1.807, 2.05) is 32.8 Å². The summed E-state index contributed by atoms with van der Waals surface area (Å²) in [5.74, 6) is -1.07. The normalized spacial score (nSPS) is 12.4. The average molecular weight is 244 g/mol. The van der Waals surface area contributed by atoms with E-state index in [-0.39, 0.29) is 6.04 Å². The zero-order valence-corrected chi connectivity index (χ0v) is 11.2. The lowest BCUT2D eigenvalue weighted by molar-refractivity contribution is -0.147. The van der Waals surface area contributed by atoms with E-state index in [0.29, 0.717) is 19.6 Å². The molecule has 0 rings (SSSR count). The van der Waals surface area contributed by atoms with Gasteiger partial charge in [0.1, 0.15) is 0 Å². The first-order valence-corrected chi connectivity index (χ1v) is 5.87. The van der Waals surface area contributed by atoms with Gasteiger partial charge in [-0.05, 0) is 27.9 Å². The molecule has 6 nitrogen and oxygen atoms in total. The van der Waals surface area contributed by atoms with E-state index in [2.05, 4.69) is 5.32 Å². The van der Waals surface area contributed by atoms with E-state index in [4.69, 9.17) is 5.73 Å². The van der Waals surface area contributed by atoms with Crippen molar-refractivity contribution < 1.29 is 9.59 Å². The summed E-state index contributed by atoms with van der Waals surface area (Å²) in [6.07, 6.45) is 0. The molecule has 0 spiro atoms. The fourth-order valence-corrected chi connectivity index (χ4v) is 1.67. The summed E-state index contributed by atoms with van der Waals surface area (Å²) in [6.45, 7) is 5.69. The SMILES string of the molecule is CCN(C(=O)C(=O)NCCN)C(C)CN(C)C. The van der Waals surface area contributed by atoms with E-state index in [9.17, 15) is 9.59 Å². The Labute approximate surface area is 103 Å². The summed E-state index contributed by atoms with van der Waals surface area (Å²) in [5, 5.41) is 2.49. The highest BCUT2D eigenvalue weighted by Gasteiger charge is 2.24. The number of amides is 2. The van der Waals surface area contributed by atoms with E-state index in [0.717, 1.165) is 6.54 Å². The fourth-order valence-electron chi connectivity index (χ4n) is 1.67. The molecule has 0 aliphatic carbocycles. The molecule has 3 N–H and O–H groups in total. The Morgan fingerprint density at radius 1 is 1.35 bits per heavy atom. The molecule has 1 unspecified atom stereocenters. The van der Waals surface area contributed by atoms with E-state index >= 15 is 0 Å². The number of carbonyl (C=O) groups is 2. The van der Waals surface area contributed by atoms with Gasteiger partial charge in [0.25, 0.3) is 0 Å². The molecule has 0 aliphatic heterocycles. The molecule has 1 atom stereocenters. The predicted octanol–water partition coefficient (Wildman–Crippen LogP) is -1.14. The highest BCUT2D eigenvalue weighted by atomic mass is 16.2. The number of nitrogens with one attached hydrogen (secondary N) is 1. The van der Waals surface area contributed by atoms with Gasteiger partial charge >= 0.3 is 11.8 Å². The van der Waals surface area contributed by atoms with Gasteiger partial charge in [-0.3, -0.25) is 9.59 Å². The topological polar surface area (TPSA) is 78.7 Å². The minimum Gasteiger partial charge on any atom is -0.347 e. The summed E-state index contributed by atoms with van der Waals surface area (Å²) in [5.41, 5.74) is 5.26. The Kier molecular flexibility index (Phi) is 7.49. The lowest BCUT2D eigenvalue weighted by Gasteiger charge is -2.29. The van der Waals surface area contributed by atoms with Crippen molar-refractivity contribution in [3.8, 4) is 0 Å². The van der Waals surface area contributed by atoms with Gasteiger partial charge in [0.15, 0.2) is 0 Å². The summed E-state index contributed by atoms with van der Waals surface area (Å²) < 4.78 is 0. The number of hydrogen-bond acceptors (Lipinski definition) is 4. The molecular formula is C11H24N4O2. The number of rotatable bonds is 6. The molecule has 0 aromatic heterocycles. The fraction of sp³-hybridized carbons (Fsp3) is 0.818. The van der Waals surface area contributed by atoms with Crippen LogP contribution in [0.5, 0.6) is 0 Å². The Bertz CT molecular complexity index is 256. The highest BCUT2D eigenvalue weighted by molar-refractivity contribution is 6.35. The van der Waals surface area contributed by atoms with Crippen LogP contribution < -0.4 is 11.1 Å². The second-order valence-electron chi connectivity index (χ2n) is 4.25. The van der Waals surface area contributed by atoms with Crippen LogP contribution in [0.25, 0.3) is 0 Å². The zero-order chi connectivity index (χ0) is 13.4. The van der Waals surface area contributed by atoms with Crippen molar-refractivity contribution in [3.63, 3.8) is 0 Å². The third kappa shape index (κ3) is 5.65. The van der Waals surface area contributed by atoms with Crippen molar-refractivity contribution in [2.75, 3.05) is 40.3 Å². The van der Waals surface area contributed by atoms with Crippen molar-refractivity contribution >= 4 is 11.8 Å². The molecule has 100 valence electrons. The van der Waals surface area contributed by atoms with E-state index < -0.39 is 11.8 Å². The number of carbonyl (C=O) groups excluding carboxylic acids is 2. The summed E-state index contributed by atoms with van der Waals surface area (Å²) >= 11 is 0. The molecule has 0 bridgehead atoms. The molecular weight excluding hydrogens is 220 g/mol. The zero-order valence-electron chi connectivity index (χ0n) is 11.2. The minimum atomic E-state index is -0.581. The molecule has 0 fully saturated rings. The Hall–Kier alpha value is -1.14. The van der Waals surface area contributed by atoms with Gasteiger partial charge in [-0.2, -0.15) is 0 Å². The lowest BCUT2D eigenvalue weighted by atomic mass is 10.2. The predicted molar refractivity (Wildman–Crippen MR) is 67.5 cm³/mol. The van der Waals surface area contributed by atoms with Crippen molar-refractivity contribution in [1.82, 2.24) is 15.1 Å². The van der Waals surface area contributed by atoms with Gasteiger partial charge < -0.3 is 20.9 Å². The van der Waals surface area contributed by atoms with Crippen molar-refractivity contribution in [3.05, 3.63) is 0 Å². The summed E-state index contributed by atoms with van der Waals surface area (Å²) in [4.78, 5) is 26.9. The van der Waals surface area contributed by atoms with Gasteiger partial charge in [0.05, 0.1) is 0 Å². The van der Waals surface area contributed by atoms with Crippen LogP contribution in [-0.4, -0.2) is 67.9 Å². The molecule has 0 radical (unpaired) electrons. The van der Waals surface area contributed by atoms with Crippen LogP contribution in [0.3, 0.4) is 0 Å².